The predicted octanol–water partition coefficient (Wildman–Crippen LogP) is 19.6. The van der Waals surface area contributed by atoms with Crippen LogP contribution in [0.5, 0.6) is 17.2 Å². The number of benzene rings is 3. The quantitative estimate of drug-likeness (QED) is 0.0105. The number of ether oxygens (including phenoxy) is 7. The maximum atomic E-state index is 14.7. The van der Waals surface area contributed by atoms with Gasteiger partial charge in [-0.15, -0.1) is 22.7 Å². The van der Waals surface area contributed by atoms with Crippen molar-refractivity contribution in [2.45, 2.75) is 307 Å². The second kappa shape index (κ2) is 43.6. The van der Waals surface area contributed by atoms with Crippen molar-refractivity contribution in [3.05, 3.63) is 125 Å². The van der Waals surface area contributed by atoms with Gasteiger partial charge in [-0.2, -0.15) is 0 Å². The highest BCUT2D eigenvalue weighted by Gasteiger charge is 2.70. The molecular weight excluding hydrogens is 1710 g/mol. The van der Waals surface area contributed by atoms with E-state index < -0.39 is 82.5 Å². The Morgan fingerprint density at radius 3 is 1.39 bits per heavy atom. The summed E-state index contributed by atoms with van der Waals surface area (Å²) >= 11 is 7.89. The average molecular weight is 1850 g/mol. The third-order valence-electron chi connectivity index (χ3n) is 26.0. The number of piperidine rings is 2. The van der Waals surface area contributed by atoms with Crippen molar-refractivity contribution in [1.82, 2.24) is 36.1 Å². The number of halogens is 1. The number of para-hydroxylation sites is 2. The topological polar surface area (TPSA) is 358 Å². The minimum Gasteiger partial charge on any atom is -0.496 e. The molecule has 10 aliphatic rings. The predicted molar refractivity (Wildman–Crippen MR) is 501 cm³/mol. The van der Waals surface area contributed by atoms with Crippen molar-refractivity contribution in [2.24, 2.45) is 46.3 Å². The van der Waals surface area contributed by atoms with Crippen LogP contribution in [0.2, 0.25) is 11.6 Å². The normalized spacial score (nSPS) is 23.3. The van der Waals surface area contributed by atoms with E-state index >= 15 is 0 Å². The van der Waals surface area contributed by atoms with Crippen molar-refractivity contribution in [2.75, 3.05) is 53.5 Å². The summed E-state index contributed by atoms with van der Waals surface area (Å²) in [5.41, 5.74) is -0.447. The SMILES string of the molecule is C.C.CC(C)(C)OC(=O)NCC1CCNCC1.COc1c(C[C@H](CC(=O)C(C)c2csc(C)n2)B2O[C@@H]3C[C@@H]4C[C@@H](C4(C)C)[C@]3(C)O2)cccc1C(=O)OC(C)(C)C.COc1c(C[C@H](CC(=O)C(NC(=O)N2CCC(CNC(=O)OC(C)(C)C)CC2)c2csc(C)n2)B2O[C@@H]3C[C@@H]4C[C@@H](C4(C)C)[C@]3(C)O2)cccc1C(=O)OC(C)(C)C.O=C(Cl)Oc1ccc([N+](=O)[O-])cc1. The molecule has 10 fully saturated rings. The number of aromatic nitrogens is 2. The second-order valence-corrected chi connectivity index (χ2v) is 43.0. The van der Waals surface area contributed by atoms with Crippen LogP contribution in [0.25, 0.3) is 0 Å². The van der Waals surface area contributed by atoms with Crippen molar-refractivity contribution in [3.8, 4) is 17.2 Å². The number of thiazole rings is 2. The van der Waals surface area contributed by atoms with Crippen molar-refractivity contribution < 1.29 is 95.1 Å². The van der Waals surface area contributed by atoms with E-state index in [1.54, 1.807) is 41.5 Å². The summed E-state index contributed by atoms with van der Waals surface area (Å²) in [6.45, 7) is 45.7. The zero-order chi connectivity index (χ0) is 93.4. The van der Waals surface area contributed by atoms with E-state index in [0.29, 0.717) is 103 Å². The highest BCUT2D eigenvalue weighted by Crippen LogP contribution is 2.68. The number of nitrogens with zero attached hydrogens (tertiary/aromatic N) is 4. The third kappa shape index (κ3) is 27.5. The number of carbonyl (C=O) groups is 8. The van der Waals surface area contributed by atoms with E-state index in [-0.39, 0.29) is 109 Å². The van der Waals surface area contributed by atoms with Gasteiger partial charge in [0.1, 0.15) is 62.6 Å². The van der Waals surface area contributed by atoms with Crippen LogP contribution in [0.4, 0.5) is 24.9 Å². The summed E-state index contributed by atoms with van der Waals surface area (Å²) in [4.78, 5) is 123. The molecule has 6 saturated carbocycles. The van der Waals surface area contributed by atoms with Gasteiger partial charge in [0.25, 0.3) is 5.69 Å². The average Bonchev–Trinajstić information content (AvgIpc) is 1.68. The number of alkyl carbamates (subject to hydrolysis) is 2. The van der Waals surface area contributed by atoms with E-state index in [1.165, 1.54) is 42.7 Å². The van der Waals surface area contributed by atoms with Crippen molar-refractivity contribution >= 4 is 101 Å². The Morgan fingerprint density at radius 2 is 1.01 bits per heavy atom. The number of nitro groups is 1. The molecule has 4 saturated heterocycles. The van der Waals surface area contributed by atoms with Crippen LogP contribution in [0.3, 0.4) is 0 Å². The number of Topliss-reactive ketones (excluding diaryl/α,β-unsaturated/α-hetero) is 2. The molecule has 34 heteroatoms. The van der Waals surface area contributed by atoms with Crippen LogP contribution in [-0.2, 0) is 60.0 Å². The van der Waals surface area contributed by atoms with Gasteiger partial charge in [0.15, 0.2) is 5.78 Å². The summed E-state index contributed by atoms with van der Waals surface area (Å²) < 4.78 is 65.4. The molecule has 29 nitrogen and oxygen atoms in total. The monoisotopic (exact) mass is 1850 g/mol. The molecule has 6 heterocycles. The Bertz CT molecular complexity index is 4700. The molecule has 2 aromatic heterocycles. The van der Waals surface area contributed by atoms with Gasteiger partial charge in [0.05, 0.1) is 69.9 Å². The molecule has 0 spiro atoms. The molecular formula is C95H141B2ClN8O21S2. The Kier molecular flexibility index (Phi) is 35.8. The molecule has 15 rings (SSSR count). The molecule has 129 heavy (non-hydrogen) atoms. The first kappa shape index (κ1) is 106. The van der Waals surface area contributed by atoms with Gasteiger partial charge < -0.3 is 77.9 Å². The van der Waals surface area contributed by atoms with Gasteiger partial charge >= 0.3 is 49.8 Å². The van der Waals surface area contributed by atoms with E-state index in [1.807, 2.05) is 133 Å². The lowest BCUT2D eigenvalue weighted by molar-refractivity contribution is -0.384. The summed E-state index contributed by atoms with van der Waals surface area (Å²) in [5.74, 6) is 1.55. The van der Waals surface area contributed by atoms with Gasteiger partial charge in [0.2, 0.25) is 0 Å². The molecule has 0 radical (unpaired) electrons. The lowest BCUT2D eigenvalue weighted by Gasteiger charge is -2.64. The summed E-state index contributed by atoms with van der Waals surface area (Å²) in [7, 11) is 1.83. The summed E-state index contributed by atoms with van der Waals surface area (Å²) in [5, 5.41) is 27.7. The first-order chi connectivity index (χ1) is 59.3. The van der Waals surface area contributed by atoms with Crippen LogP contribution in [0, 0.1) is 70.3 Å². The van der Waals surface area contributed by atoms with Crippen LogP contribution in [0.15, 0.2) is 71.4 Å². The van der Waals surface area contributed by atoms with E-state index in [0.717, 1.165) is 85.0 Å². The standard InChI is InChI=1S/C43H63BN4O9S.C32H44BNO6S.C11H22N2O2.C7H4ClNO4.2CH4/c1-25-46-31(24-58-25)35(47-38(51)48-17-15-26(16-18-48)23-45-39(52)55-41(5,6)7)32(49)22-29(44-56-34-21-28-20-33(42(28,8)9)43(34,10)57-44)19-27-13-12-14-30(36(27)53-11)37(50)54-40(2,3)4;1-18(24-17-41-19(2)34-24)25(35)16-22(33-39-27-15-21-14-26(31(21,6)7)32(27,8)40-33)13-20-11-10-12-23(28(20)37-9)29(36)38-30(3,4)5;1-11(2,3)15-10(14)13-8-9-4-6-12-7-5-9;8-7(10)13-6-3-1-5(2-4-6)9(11)12;;/h12-14,24,26,28-29,33-35H,15-23H2,1-11H3,(H,45,52)(H,47,51);10-12,17-18,21-22,26-27H,13-16H2,1-9H3;9,12H,4-8H2,1-3H3,(H,13,14);1-4H;2*1H4/t28-,29+,33-,34+,35?,43-;18?,21-,22+,26-,27+,32-;;;;/m00..../s1. The highest BCUT2D eigenvalue weighted by atomic mass is 35.5. The Morgan fingerprint density at radius 1 is 0.597 bits per heavy atom. The summed E-state index contributed by atoms with van der Waals surface area (Å²) in [6, 6.07) is 14.5. The lowest BCUT2D eigenvalue weighted by Crippen LogP contribution is -2.65. The Labute approximate surface area is 777 Å². The van der Waals surface area contributed by atoms with Crippen LogP contribution in [0.1, 0.15) is 276 Å². The molecule has 4 bridgehead atoms. The molecule has 4 aliphatic heterocycles. The third-order valence-corrected chi connectivity index (χ3v) is 27.7. The molecule has 12 atom stereocenters. The van der Waals surface area contributed by atoms with Gasteiger partial charge in [-0.3, -0.25) is 19.7 Å². The molecule has 3 aromatic carbocycles. The smallest absolute Gasteiger partial charge is 0.461 e. The lowest BCUT2D eigenvalue weighted by atomic mass is 9.43. The highest BCUT2D eigenvalue weighted by molar-refractivity contribution is 7.09. The number of likely N-dealkylation sites (tertiary alicyclic amines) is 1. The number of nitrogens with one attached hydrogen (secondary N) is 4. The van der Waals surface area contributed by atoms with Crippen molar-refractivity contribution in [1.29, 1.82) is 0 Å². The fraction of sp³-hybridized carbons (Fsp3) is 0.663. The molecule has 2 unspecified atom stereocenters. The van der Waals surface area contributed by atoms with Crippen LogP contribution < -0.4 is 35.5 Å². The number of hydrogen-bond acceptors (Lipinski definition) is 26. The molecule has 5 aromatic rings. The molecule has 4 amide bonds. The van der Waals surface area contributed by atoms with E-state index in [4.69, 9.17) is 58.6 Å². The minimum atomic E-state index is -1.01. The van der Waals surface area contributed by atoms with Crippen LogP contribution >= 0.6 is 34.3 Å². The number of amides is 4. The van der Waals surface area contributed by atoms with E-state index in [2.05, 4.69) is 77.5 Å². The van der Waals surface area contributed by atoms with Gasteiger partial charge in [-0.25, -0.2) is 38.7 Å². The number of carbonyl (C=O) groups excluding carboxylic acids is 8. The maximum Gasteiger partial charge on any atom is 0.461 e. The minimum absolute atomic E-state index is 0. The molecule has 712 valence electrons. The zero-order valence-corrected chi connectivity index (χ0v) is 80.7. The number of esters is 2. The van der Waals surface area contributed by atoms with Gasteiger partial charge in [0, 0.05) is 85.1 Å². The largest absolute Gasteiger partial charge is 0.496 e. The molecule has 4 N–H and O–H groups in total. The number of methoxy groups -OCH3 is 2. The number of non-ortho nitro benzene ring substituents is 1. The summed E-state index contributed by atoms with van der Waals surface area (Å²) in [6.07, 6.45) is 7.93. The fourth-order valence-corrected chi connectivity index (χ4v) is 20.5. The zero-order valence-electron chi connectivity index (χ0n) is 78.3. The maximum absolute atomic E-state index is 14.7. The second-order valence-electron chi connectivity index (χ2n) is 40.6. The first-order valence-electron chi connectivity index (χ1n) is 44.4. The number of urea groups is 1. The molecule has 6 aliphatic carbocycles. The number of aryl methyl sites for hydroxylation is 2. The van der Waals surface area contributed by atoms with Gasteiger partial charge in [-0.1, -0.05) is 66.8 Å². The Balaban J connectivity index is 0.000000248. The first-order valence-corrected chi connectivity index (χ1v) is 46.6. The van der Waals surface area contributed by atoms with Crippen LogP contribution in [-0.4, -0.2) is 180 Å². The van der Waals surface area contributed by atoms with E-state index in [9.17, 15) is 48.5 Å². The Hall–Kier alpha value is -8.30. The number of hydrogen-bond donors (Lipinski definition) is 4. The number of ketones is 2. The number of nitro benzene ring substituents is 1. The van der Waals surface area contributed by atoms with Crippen molar-refractivity contribution in [3.63, 3.8) is 0 Å². The number of rotatable bonds is 25. The van der Waals surface area contributed by atoms with Gasteiger partial charge in [-0.05, 0) is 277 Å². The fourth-order valence-electron chi connectivity index (χ4n) is 19.1.